The zero-order valence-electron chi connectivity index (χ0n) is 13.0. The van der Waals surface area contributed by atoms with Gasteiger partial charge in [-0.1, -0.05) is 32.0 Å². The Morgan fingerprint density at radius 1 is 1.19 bits per heavy atom. The number of aromatic nitrogens is 1. The van der Waals surface area contributed by atoms with Crippen molar-refractivity contribution < 1.29 is 0 Å². The van der Waals surface area contributed by atoms with Gasteiger partial charge < -0.3 is 10.2 Å². The van der Waals surface area contributed by atoms with E-state index in [9.17, 15) is 0 Å². The zero-order chi connectivity index (χ0) is 14.7. The van der Waals surface area contributed by atoms with Gasteiger partial charge in [-0.25, -0.2) is 0 Å². The second kappa shape index (κ2) is 6.44. The fraction of sp³-hybridized carbons (Fsp3) is 0.500. The highest BCUT2D eigenvalue weighted by atomic mass is 15.1. The lowest BCUT2D eigenvalue weighted by Gasteiger charge is -2.34. The van der Waals surface area contributed by atoms with Gasteiger partial charge in [0.05, 0.1) is 5.52 Å². The van der Waals surface area contributed by atoms with Crippen molar-refractivity contribution in [2.75, 3.05) is 24.5 Å². The first-order valence-electron chi connectivity index (χ1n) is 8.06. The molecule has 0 amide bonds. The molecular formula is C18H25N3. The number of hydrogen-bond donors (Lipinski definition) is 1. The maximum absolute atomic E-state index is 4.46. The van der Waals surface area contributed by atoms with Crippen molar-refractivity contribution in [1.82, 2.24) is 10.3 Å². The minimum absolute atomic E-state index is 0.590. The molecule has 1 aromatic carbocycles. The molecule has 112 valence electrons. The number of nitrogens with zero attached hydrogens (tertiary/aromatic N) is 2. The van der Waals surface area contributed by atoms with E-state index in [2.05, 4.69) is 59.4 Å². The molecule has 2 heterocycles. The van der Waals surface area contributed by atoms with Gasteiger partial charge in [0.25, 0.3) is 0 Å². The number of anilines is 1. The van der Waals surface area contributed by atoms with Crippen LogP contribution in [0.15, 0.2) is 36.5 Å². The topological polar surface area (TPSA) is 28.2 Å². The minimum Gasteiger partial charge on any atom is -0.371 e. The summed E-state index contributed by atoms with van der Waals surface area (Å²) >= 11 is 0. The normalized spacial score (nSPS) is 16.8. The highest BCUT2D eigenvalue weighted by Gasteiger charge is 2.20. The second-order valence-electron chi connectivity index (χ2n) is 6.34. The van der Waals surface area contributed by atoms with Gasteiger partial charge in [-0.15, -0.1) is 0 Å². The fourth-order valence-corrected chi connectivity index (χ4v) is 3.14. The Balaban J connectivity index is 1.68. The van der Waals surface area contributed by atoms with E-state index >= 15 is 0 Å². The standard InChI is InChI=1S/C18H25N3/c1-14(2)20-13-15-8-11-21(12-9-15)18-7-10-19-17-6-4-3-5-16(17)18/h3-7,10,14-15,20H,8-9,11-13H2,1-2H3. The van der Waals surface area contributed by atoms with E-state index in [0.29, 0.717) is 6.04 Å². The van der Waals surface area contributed by atoms with Crippen LogP contribution in [0.1, 0.15) is 26.7 Å². The number of benzene rings is 1. The SMILES string of the molecule is CC(C)NCC1CCN(c2ccnc3ccccc23)CC1. The second-order valence-corrected chi connectivity index (χ2v) is 6.34. The Hall–Kier alpha value is -1.61. The molecule has 0 bridgehead atoms. The van der Waals surface area contributed by atoms with E-state index in [-0.39, 0.29) is 0 Å². The van der Waals surface area contributed by atoms with E-state index in [1.54, 1.807) is 0 Å². The molecule has 3 nitrogen and oxygen atoms in total. The van der Waals surface area contributed by atoms with Crippen molar-refractivity contribution in [3.05, 3.63) is 36.5 Å². The van der Waals surface area contributed by atoms with Crippen molar-refractivity contribution in [1.29, 1.82) is 0 Å². The number of rotatable bonds is 4. The molecule has 1 aromatic heterocycles. The summed E-state index contributed by atoms with van der Waals surface area (Å²) in [6.45, 7) is 7.90. The minimum atomic E-state index is 0.590. The van der Waals surface area contributed by atoms with Crippen molar-refractivity contribution in [2.24, 2.45) is 5.92 Å². The third kappa shape index (κ3) is 3.35. The predicted molar refractivity (Wildman–Crippen MR) is 89.8 cm³/mol. The van der Waals surface area contributed by atoms with Gasteiger partial charge in [0.15, 0.2) is 0 Å². The molecule has 1 fully saturated rings. The first-order chi connectivity index (χ1) is 10.2. The van der Waals surface area contributed by atoms with Crippen molar-refractivity contribution in [2.45, 2.75) is 32.7 Å². The van der Waals surface area contributed by atoms with Gasteiger partial charge in [-0.05, 0) is 37.4 Å². The molecule has 1 saturated heterocycles. The molecule has 0 saturated carbocycles. The van der Waals surface area contributed by atoms with Crippen LogP contribution in [-0.2, 0) is 0 Å². The molecule has 21 heavy (non-hydrogen) atoms. The first-order valence-corrected chi connectivity index (χ1v) is 8.06. The largest absolute Gasteiger partial charge is 0.371 e. The molecular weight excluding hydrogens is 258 g/mol. The Bertz CT molecular complexity index is 581. The summed E-state index contributed by atoms with van der Waals surface area (Å²) in [4.78, 5) is 6.99. The average Bonchev–Trinajstić information content (AvgIpc) is 2.53. The van der Waals surface area contributed by atoms with Gasteiger partial charge in [-0.2, -0.15) is 0 Å². The number of fused-ring (bicyclic) bond motifs is 1. The van der Waals surface area contributed by atoms with Gasteiger partial charge in [0.2, 0.25) is 0 Å². The summed E-state index contributed by atoms with van der Waals surface area (Å²) in [5.74, 6) is 0.816. The molecule has 0 unspecified atom stereocenters. The quantitative estimate of drug-likeness (QED) is 0.931. The van der Waals surface area contributed by atoms with Crippen molar-refractivity contribution >= 4 is 16.6 Å². The van der Waals surface area contributed by atoms with E-state index in [4.69, 9.17) is 0 Å². The summed E-state index contributed by atoms with van der Waals surface area (Å²) in [6.07, 6.45) is 4.48. The van der Waals surface area contributed by atoms with Crippen LogP contribution < -0.4 is 10.2 Å². The summed E-state index contributed by atoms with van der Waals surface area (Å²) in [5.41, 5.74) is 2.44. The third-order valence-electron chi connectivity index (χ3n) is 4.40. The lowest BCUT2D eigenvalue weighted by atomic mass is 9.96. The maximum Gasteiger partial charge on any atom is 0.0722 e. The molecule has 0 atom stereocenters. The lowest BCUT2D eigenvalue weighted by Crippen LogP contribution is -2.38. The Morgan fingerprint density at radius 2 is 1.95 bits per heavy atom. The number of piperidine rings is 1. The van der Waals surface area contributed by atoms with Gasteiger partial charge in [0.1, 0.15) is 0 Å². The summed E-state index contributed by atoms with van der Waals surface area (Å²) in [6, 6.07) is 11.2. The van der Waals surface area contributed by atoms with Crippen LogP contribution in [0.3, 0.4) is 0 Å². The molecule has 1 N–H and O–H groups in total. The molecule has 1 aliphatic rings. The molecule has 2 aromatic rings. The summed E-state index contributed by atoms with van der Waals surface area (Å²) in [7, 11) is 0. The van der Waals surface area contributed by atoms with Crippen LogP contribution in [0.2, 0.25) is 0 Å². The number of para-hydroxylation sites is 1. The van der Waals surface area contributed by atoms with Crippen molar-refractivity contribution in [3.8, 4) is 0 Å². The van der Waals surface area contributed by atoms with E-state index < -0.39 is 0 Å². The van der Waals surface area contributed by atoms with Crippen LogP contribution in [0.5, 0.6) is 0 Å². The number of pyridine rings is 1. The van der Waals surface area contributed by atoms with Gasteiger partial charge in [-0.3, -0.25) is 4.98 Å². The van der Waals surface area contributed by atoms with Crippen LogP contribution >= 0.6 is 0 Å². The van der Waals surface area contributed by atoms with Gasteiger partial charge >= 0.3 is 0 Å². The van der Waals surface area contributed by atoms with Crippen LogP contribution in [0, 0.1) is 5.92 Å². The number of hydrogen-bond acceptors (Lipinski definition) is 3. The van der Waals surface area contributed by atoms with E-state index in [1.165, 1.54) is 23.9 Å². The zero-order valence-corrected chi connectivity index (χ0v) is 13.0. The summed E-state index contributed by atoms with van der Waals surface area (Å²) < 4.78 is 0. The molecule has 0 radical (unpaired) electrons. The lowest BCUT2D eigenvalue weighted by molar-refractivity contribution is 0.371. The molecule has 0 aliphatic carbocycles. The predicted octanol–water partition coefficient (Wildman–Crippen LogP) is 3.45. The van der Waals surface area contributed by atoms with E-state index in [1.807, 2.05) is 6.20 Å². The van der Waals surface area contributed by atoms with Crippen molar-refractivity contribution in [3.63, 3.8) is 0 Å². The maximum atomic E-state index is 4.46. The Morgan fingerprint density at radius 3 is 2.71 bits per heavy atom. The summed E-state index contributed by atoms with van der Waals surface area (Å²) in [5, 5.41) is 4.85. The third-order valence-corrected chi connectivity index (χ3v) is 4.40. The smallest absolute Gasteiger partial charge is 0.0722 e. The highest BCUT2D eigenvalue weighted by molar-refractivity contribution is 5.91. The van der Waals surface area contributed by atoms with Crippen LogP contribution in [-0.4, -0.2) is 30.7 Å². The fourth-order valence-electron chi connectivity index (χ4n) is 3.14. The average molecular weight is 283 g/mol. The Labute approximate surface area is 127 Å². The molecule has 0 spiro atoms. The molecule has 3 rings (SSSR count). The monoisotopic (exact) mass is 283 g/mol. The van der Waals surface area contributed by atoms with E-state index in [0.717, 1.165) is 31.1 Å². The van der Waals surface area contributed by atoms with Crippen LogP contribution in [0.4, 0.5) is 5.69 Å². The molecule has 1 aliphatic heterocycles. The first kappa shape index (κ1) is 14.3. The van der Waals surface area contributed by atoms with Gasteiger partial charge in [0, 0.05) is 36.4 Å². The highest BCUT2D eigenvalue weighted by Crippen LogP contribution is 2.28. The number of nitrogens with one attached hydrogen (secondary N) is 1. The Kier molecular flexibility index (Phi) is 4.39. The van der Waals surface area contributed by atoms with Crippen LogP contribution in [0.25, 0.3) is 10.9 Å². The molecule has 3 heteroatoms.